The normalized spacial score (nSPS) is 11.1. The molecule has 1 N–H and O–H groups in total. The topological polar surface area (TPSA) is 41.6 Å². The minimum atomic E-state index is 0.990. The van der Waals surface area contributed by atoms with Crippen molar-refractivity contribution in [2.24, 2.45) is 0 Å². The lowest BCUT2D eigenvalue weighted by Gasteiger charge is -2.00. The largest absolute Gasteiger partial charge is 0.278 e. The van der Waals surface area contributed by atoms with Crippen molar-refractivity contribution >= 4 is 12.2 Å². The van der Waals surface area contributed by atoms with E-state index < -0.39 is 0 Å². The molecule has 98 valence electrons. The highest BCUT2D eigenvalue weighted by atomic mass is 15.1. The molecule has 3 aromatic rings. The highest BCUT2D eigenvalue weighted by molar-refractivity contribution is 5.80. The highest BCUT2D eigenvalue weighted by Gasteiger charge is 2.09. The number of H-pyrrole nitrogens is 1. The van der Waals surface area contributed by atoms with Crippen LogP contribution in [0.5, 0.6) is 0 Å². The van der Waals surface area contributed by atoms with Gasteiger partial charge in [-0.15, -0.1) is 0 Å². The Balaban J connectivity index is 1.98. The van der Waals surface area contributed by atoms with E-state index >= 15 is 0 Å². The van der Waals surface area contributed by atoms with E-state index in [1.807, 2.05) is 37.3 Å². The Hall–Kier alpha value is -2.68. The highest BCUT2D eigenvalue weighted by Crippen LogP contribution is 2.26. The molecule has 1 aromatic carbocycles. The molecule has 0 aliphatic carbocycles. The molecule has 0 fully saturated rings. The molecule has 0 aliphatic rings. The summed E-state index contributed by atoms with van der Waals surface area (Å²) in [7, 11) is 0. The Morgan fingerprint density at radius 2 is 1.70 bits per heavy atom. The Labute approximate surface area is 118 Å². The van der Waals surface area contributed by atoms with Crippen LogP contribution in [0.15, 0.2) is 54.9 Å². The first kappa shape index (κ1) is 12.4. The summed E-state index contributed by atoms with van der Waals surface area (Å²) in [5, 5.41) is 7.39. The molecule has 0 unspecified atom stereocenters. The second kappa shape index (κ2) is 5.53. The van der Waals surface area contributed by atoms with Crippen LogP contribution in [0.2, 0.25) is 0 Å². The van der Waals surface area contributed by atoms with E-state index in [-0.39, 0.29) is 0 Å². The molecule has 0 aliphatic heterocycles. The first-order chi connectivity index (χ1) is 9.84. The molecule has 2 heterocycles. The zero-order valence-corrected chi connectivity index (χ0v) is 11.2. The van der Waals surface area contributed by atoms with Gasteiger partial charge in [0.2, 0.25) is 0 Å². The predicted molar refractivity (Wildman–Crippen MR) is 81.9 cm³/mol. The van der Waals surface area contributed by atoms with Gasteiger partial charge in [-0.2, -0.15) is 5.10 Å². The second-order valence-electron chi connectivity index (χ2n) is 4.58. The summed E-state index contributed by atoms with van der Waals surface area (Å²) in [6.07, 6.45) is 7.74. The summed E-state index contributed by atoms with van der Waals surface area (Å²) < 4.78 is 0. The van der Waals surface area contributed by atoms with E-state index in [0.29, 0.717) is 0 Å². The van der Waals surface area contributed by atoms with Crippen molar-refractivity contribution in [2.45, 2.75) is 6.92 Å². The van der Waals surface area contributed by atoms with Crippen LogP contribution in [0.3, 0.4) is 0 Å². The summed E-state index contributed by atoms with van der Waals surface area (Å²) in [4.78, 5) is 4.06. The van der Waals surface area contributed by atoms with Gasteiger partial charge in [0.1, 0.15) is 0 Å². The quantitative estimate of drug-likeness (QED) is 0.775. The first-order valence-electron chi connectivity index (χ1n) is 6.53. The van der Waals surface area contributed by atoms with E-state index in [2.05, 4.69) is 39.5 Å². The fraction of sp³-hybridized carbons (Fsp3) is 0.0588. The van der Waals surface area contributed by atoms with Crippen LogP contribution in [-0.2, 0) is 0 Å². The fourth-order valence-corrected chi connectivity index (χ4v) is 2.20. The van der Waals surface area contributed by atoms with Gasteiger partial charge >= 0.3 is 0 Å². The van der Waals surface area contributed by atoms with Gasteiger partial charge in [0.25, 0.3) is 0 Å². The van der Waals surface area contributed by atoms with Crippen molar-refractivity contribution in [3.05, 3.63) is 71.8 Å². The molecule has 0 atom stereocenters. The third kappa shape index (κ3) is 2.52. The standard InChI is InChI=1S/C17H15N3/c1-13-17(15-9-11-18-12-10-15)16(20-19-13)8-7-14-5-3-2-4-6-14/h2-12H,1H3,(H,19,20)/b8-7+. The minimum Gasteiger partial charge on any atom is -0.278 e. The number of aromatic amines is 1. The molecule has 3 rings (SSSR count). The maximum atomic E-state index is 4.31. The van der Waals surface area contributed by atoms with Crippen molar-refractivity contribution in [1.29, 1.82) is 0 Å². The number of nitrogens with one attached hydrogen (secondary N) is 1. The number of hydrogen-bond acceptors (Lipinski definition) is 2. The molecular formula is C17H15N3. The molecule has 3 heteroatoms. The van der Waals surface area contributed by atoms with Crippen molar-refractivity contribution in [3.8, 4) is 11.1 Å². The van der Waals surface area contributed by atoms with Gasteiger partial charge in [0.15, 0.2) is 0 Å². The lowest BCUT2D eigenvalue weighted by Crippen LogP contribution is -1.82. The maximum Gasteiger partial charge on any atom is 0.0676 e. The van der Waals surface area contributed by atoms with Gasteiger partial charge in [-0.1, -0.05) is 36.4 Å². The van der Waals surface area contributed by atoms with Crippen LogP contribution in [0.1, 0.15) is 17.0 Å². The van der Waals surface area contributed by atoms with Crippen molar-refractivity contribution in [3.63, 3.8) is 0 Å². The molecule has 0 spiro atoms. The minimum absolute atomic E-state index is 0.990. The zero-order valence-electron chi connectivity index (χ0n) is 11.2. The van der Waals surface area contributed by atoms with E-state index in [9.17, 15) is 0 Å². The van der Waals surface area contributed by atoms with Gasteiger partial charge in [0.05, 0.1) is 11.4 Å². The van der Waals surface area contributed by atoms with Crippen LogP contribution in [0.25, 0.3) is 23.3 Å². The Morgan fingerprint density at radius 1 is 0.950 bits per heavy atom. The molecule has 0 bridgehead atoms. The molecule has 20 heavy (non-hydrogen) atoms. The van der Waals surface area contributed by atoms with Crippen LogP contribution in [0.4, 0.5) is 0 Å². The lowest BCUT2D eigenvalue weighted by molar-refractivity contribution is 1.04. The molecular weight excluding hydrogens is 246 g/mol. The number of aryl methyl sites for hydroxylation is 1. The number of aromatic nitrogens is 3. The van der Waals surface area contributed by atoms with Crippen LogP contribution in [-0.4, -0.2) is 15.2 Å². The van der Waals surface area contributed by atoms with Crippen LogP contribution in [0, 0.1) is 6.92 Å². The number of pyridine rings is 1. The summed E-state index contributed by atoms with van der Waals surface area (Å²) >= 11 is 0. The third-order valence-electron chi connectivity index (χ3n) is 3.19. The Bertz CT molecular complexity index is 713. The SMILES string of the molecule is Cc1n[nH]c(/C=C/c2ccccc2)c1-c1ccncc1. The summed E-state index contributed by atoms with van der Waals surface area (Å²) in [5.74, 6) is 0. The van der Waals surface area contributed by atoms with Gasteiger partial charge in [-0.25, -0.2) is 0 Å². The molecule has 0 saturated heterocycles. The molecule has 0 saturated carbocycles. The smallest absolute Gasteiger partial charge is 0.0676 e. The Morgan fingerprint density at radius 3 is 2.45 bits per heavy atom. The zero-order chi connectivity index (χ0) is 13.8. The van der Waals surface area contributed by atoms with E-state index in [0.717, 1.165) is 22.5 Å². The predicted octanol–water partition coefficient (Wildman–Crippen LogP) is 3.95. The number of rotatable bonds is 3. The van der Waals surface area contributed by atoms with Crippen LogP contribution >= 0.6 is 0 Å². The number of benzene rings is 1. The van der Waals surface area contributed by atoms with Gasteiger partial charge in [-0.05, 0) is 36.3 Å². The monoisotopic (exact) mass is 261 g/mol. The average molecular weight is 261 g/mol. The van der Waals surface area contributed by atoms with E-state index in [4.69, 9.17) is 0 Å². The maximum absolute atomic E-state index is 4.31. The summed E-state index contributed by atoms with van der Waals surface area (Å²) in [6, 6.07) is 14.2. The summed E-state index contributed by atoms with van der Waals surface area (Å²) in [5.41, 5.74) is 5.42. The van der Waals surface area contributed by atoms with Gasteiger partial charge in [0, 0.05) is 18.0 Å². The Kier molecular flexibility index (Phi) is 3.42. The first-order valence-corrected chi connectivity index (χ1v) is 6.53. The summed E-state index contributed by atoms with van der Waals surface area (Å²) in [6.45, 7) is 2.01. The molecule has 2 aromatic heterocycles. The lowest BCUT2D eigenvalue weighted by atomic mass is 10.0. The average Bonchev–Trinajstić information content (AvgIpc) is 2.88. The molecule has 0 amide bonds. The fourth-order valence-electron chi connectivity index (χ4n) is 2.20. The van der Waals surface area contributed by atoms with Gasteiger partial charge in [-0.3, -0.25) is 10.1 Å². The van der Waals surface area contributed by atoms with Crippen molar-refractivity contribution < 1.29 is 0 Å². The van der Waals surface area contributed by atoms with E-state index in [1.54, 1.807) is 12.4 Å². The van der Waals surface area contributed by atoms with Crippen molar-refractivity contribution in [1.82, 2.24) is 15.2 Å². The molecule has 0 radical (unpaired) electrons. The van der Waals surface area contributed by atoms with Gasteiger partial charge < -0.3 is 0 Å². The van der Waals surface area contributed by atoms with E-state index in [1.165, 1.54) is 5.56 Å². The third-order valence-corrected chi connectivity index (χ3v) is 3.19. The number of nitrogens with zero attached hydrogens (tertiary/aromatic N) is 2. The second-order valence-corrected chi connectivity index (χ2v) is 4.58. The number of hydrogen-bond donors (Lipinski definition) is 1. The molecule has 3 nitrogen and oxygen atoms in total. The van der Waals surface area contributed by atoms with Crippen LogP contribution < -0.4 is 0 Å². The van der Waals surface area contributed by atoms with Crippen molar-refractivity contribution in [2.75, 3.05) is 0 Å².